The molecule has 154 valence electrons. The number of nitrogens with zero attached hydrogens (tertiary/aromatic N) is 3. The fourth-order valence-electron chi connectivity index (χ4n) is 3.87. The summed E-state index contributed by atoms with van der Waals surface area (Å²) in [6.07, 6.45) is 3.16. The van der Waals surface area contributed by atoms with Crippen LogP contribution in [0.15, 0.2) is 48.5 Å². The standard InChI is InChI=1S/C26H35N3/c1-7-20(6)25-27-28-26(23-13-10-11-21(17-23)15-18(2)3)29(25)24-14-9-8-12-22(24)16-19(4)5/h8-14,17-20H,7,15-16H2,1-6H3. The molecule has 0 spiro atoms. The SMILES string of the molecule is CCC(C)c1nnc(-c2cccc(CC(C)C)c2)n1-c1ccccc1CC(C)C. The number of hydrogen-bond acceptors (Lipinski definition) is 2. The highest BCUT2D eigenvalue weighted by Gasteiger charge is 2.21. The summed E-state index contributed by atoms with van der Waals surface area (Å²) in [5.74, 6) is 3.57. The van der Waals surface area contributed by atoms with Crippen LogP contribution in [-0.2, 0) is 12.8 Å². The van der Waals surface area contributed by atoms with E-state index in [1.54, 1.807) is 0 Å². The maximum Gasteiger partial charge on any atom is 0.168 e. The van der Waals surface area contributed by atoms with Gasteiger partial charge in [-0.3, -0.25) is 4.57 Å². The van der Waals surface area contributed by atoms with E-state index in [4.69, 9.17) is 0 Å². The van der Waals surface area contributed by atoms with E-state index in [1.165, 1.54) is 16.8 Å². The lowest BCUT2D eigenvalue weighted by atomic mass is 9.99. The number of hydrogen-bond donors (Lipinski definition) is 0. The van der Waals surface area contributed by atoms with Crippen LogP contribution in [0.2, 0.25) is 0 Å². The van der Waals surface area contributed by atoms with E-state index in [0.29, 0.717) is 17.8 Å². The Morgan fingerprint density at radius 1 is 0.828 bits per heavy atom. The maximum atomic E-state index is 4.69. The fourth-order valence-corrected chi connectivity index (χ4v) is 3.87. The van der Waals surface area contributed by atoms with Gasteiger partial charge in [0.1, 0.15) is 5.82 Å². The third-order valence-electron chi connectivity index (χ3n) is 5.43. The predicted molar refractivity (Wildman–Crippen MR) is 123 cm³/mol. The average Bonchev–Trinajstić information content (AvgIpc) is 3.12. The second kappa shape index (κ2) is 9.39. The summed E-state index contributed by atoms with van der Waals surface area (Å²) in [6.45, 7) is 13.5. The second-order valence-corrected chi connectivity index (χ2v) is 9.05. The van der Waals surface area contributed by atoms with Crippen LogP contribution >= 0.6 is 0 Å². The molecule has 3 aromatic rings. The molecular weight excluding hydrogens is 354 g/mol. The molecule has 0 saturated carbocycles. The normalized spacial score (nSPS) is 12.7. The largest absolute Gasteiger partial charge is 0.279 e. The second-order valence-electron chi connectivity index (χ2n) is 9.05. The molecule has 3 rings (SSSR count). The first-order chi connectivity index (χ1) is 13.9. The topological polar surface area (TPSA) is 30.7 Å². The molecule has 0 bridgehead atoms. The third kappa shape index (κ3) is 4.95. The van der Waals surface area contributed by atoms with Gasteiger partial charge >= 0.3 is 0 Å². The predicted octanol–water partition coefficient (Wildman–Crippen LogP) is 6.84. The summed E-state index contributed by atoms with van der Waals surface area (Å²) in [5, 5.41) is 9.35. The molecule has 3 heteroatoms. The number of rotatable bonds is 8. The van der Waals surface area contributed by atoms with E-state index in [0.717, 1.165) is 36.5 Å². The molecular formula is C26H35N3. The van der Waals surface area contributed by atoms with Crippen molar-refractivity contribution in [3.05, 3.63) is 65.5 Å². The van der Waals surface area contributed by atoms with Gasteiger partial charge in [0, 0.05) is 11.5 Å². The quantitative estimate of drug-likeness (QED) is 0.422. The van der Waals surface area contributed by atoms with Crippen LogP contribution in [0.1, 0.15) is 70.8 Å². The fraction of sp³-hybridized carbons (Fsp3) is 0.462. The molecule has 1 unspecified atom stereocenters. The Hall–Kier alpha value is -2.42. The van der Waals surface area contributed by atoms with Crippen molar-refractivity contribution in [3.8, 4) is 17.1 Å². The molecule has 1 heterocycles. The van der Waals surface area contributed by atoms with Crippen molar-refractivity contribution in [2.45, 2.75) is 66.7 Å². The minimum atomic E-state index is 0.349. The lowest BCUT2D eigenvalue weighted by molar-refractivity contribution is 0.636. The Labute approximate surface area is 176 Å². The summed E-state index contributed by atoms with van der Waals surface area (Å²) < 4.78 is 2.31. The summed E-state index contributed by atoms with van der Waals surface area (Å²) >= 11 is 0. The van der Waals surface area contributed by atoms with Crippen molar-refractivity contribution in [2.75, 3.05) is 0 Å². The van der Waals surface area contributed by atoms with Crippen LogP contribution in [0.5, 0.6) is 0 Å². The molecule has 3 nitrogen and oxygen atoms in total. The summed E-state index contributed by atoms with van der Waals surface area (Å²) in [4.78, 5) is 0. The van der Waals surface area contributed by atoms with Gasteiger partial charge in [0.05, 0.1) is 5.69 Å². The molecule has 0 aliphatic heterocycles. The first kappa shape index (κ1) is 21.3. The van der Waals surface area contributed by atoms with Gasteiger partial charge in [-0.2, -0.15) is 0 Å². The first-order valence-corrected chi connectivity index (χ1v) is 11.0. The molecule has 2 aromatic carbocycles. The van der Waals surface area contributed by atoms with Crippen LogP contribution in [0.4, 0.5) is 0 Å². The lowest BCUT2D eigenvalue weighted by Crippen LogP contribution is -2.10. The molecule has 29 heavy (non-hydrogen) atoms. The van der Waals surface area contributed by atoms with Gasteiger partial charge in [-0.05, 0) is 54.4 Å². The Bertz CT molecular complexity index is 937. The molecule has 1 atom stereocenters. The van der Waals surface area contributed by atoms with Crippen LogP contribution in [0.3, 0.4) is 0 Å². The van der Waals surface area contributed by atoms with E-state index in [9.17, 15) is 0 Å². The zero-order valence-corrected chi connectivity index (χ0v) is 18.8. The Kier molecular flexibility index (Phi) is 6.89. The Balaban J connectivity index is 2.18. The summed E-state index contributed by atoms with van der Waals surface area (Å²) in [7, 11) is 0. The van der Waals surface area contributed by atoms with Gasteiger partial charge in [-0.15, -0.1) is 10.2 Å². The molecule has 1 aromatic heterocycles. The van der Waals surface area contributed by atoms with E-state index in [2.05, 4.69) is 105 Å². The van der Waals surface area contributed by atoms with Crippen molar-refractivity contribution in [3.63, 3.8) is 0 Å². The highest BCUT2D eigenvalue weighted by atomic mass is 15.3. The smallest absolute Gasteiger partial charge is 0.168 e. The minimum Gasteiger partial charge on any atom is -0.279 e. The highest BCUT2D eigenvalue weighted by molar-refractivity contribution is 5.61. The zero-order valence-electron chi connectivity index (χ0n) is 18.8. The van der Waals surface area contributed by atoms with Crippen molar-refractivity contribution in [1.29, 1.82) is 0 Å². The lowest BCUT2D eigenvalue weighted by Gasteiger charge is -2.18. The molecule has 0 amide bonds. The van der Waals surface area contributed by atoms with Gasteiger partial charge < -0.3 is 0 Å². The molecule has 0 aliphatic rings. The van der Waals surface area contributed by atoms with E-state index >= 15 is 0 Å². The van der Waals surface area contributed by atoms with Gasteiger partial charge in [0.2, 0.25) is 0 Å². The highest BCUT2D eigenvalue weighted by Crippen LogP contribution is 2.31. The van der Waals surface area contributed by atoms with E-state index < -0.39 is 0 Å². The molecule has 0 aliphatic carbocycles. The molecule has 0 fully saturated rings. The van der Waals surface area contributed by atoms with Crippen molar-refractivity contribution in [1.82, 2.24) is 14.8 Å². The van der Waals surface area contributed by atoms with Crippen molar-refractivity contribution in [2.24, 2.45) is 11.8 Å². The van der Waals surface area contributed by atoms with Crippen molar-refractivity contribution >= 4 is 0 Å². The summed E-state index contributed by atoms with van der Waals surface area (Å²) in [5.41, 5.74) is 5.06. The van der Waals surface area contributed by atoms with E-state index in [1.807, 2.05) is 0 Å². The van der Waals surface area contributed by atoms with Crippen molar-refractivity contribution < 1.29 is 0 Å². The van der Waals surface area contributed by atoms with Gasteiger partial charge in [0.25, 0.3) is 0 Å². The van der Waals surface area contributed by atoms with Gasteiger partial charge in [0.15, 0.2) is 5.82 Å². The molecule has 0 N–H and O–H groups in total. The van der Waals surface area contributed by atoms with Crippen LogP contribution in [-0.4, -0.2) is 14.8 Å². The number of benzene rings is 2. The van der Waals surface area contributed by atoms with Crippen LogP contribution < -0.4 is 0 Å². The number of aromatic nitrogens is 3. The third-order valence-corrected chi connectivity index (χ3v) is 5.43. The van der Waals surface area contributed by atoms with Crippen LogP contribution in [0.25, 0.3) is 17.1 Å². The monoisotopic (exact) mass is 389 g/mol. The van der Waals surface area contributed by atoms with Gasteiger partial charge in [-0.25, -0.2) is 0 Å². The minimum absolute atomic E-state index is 0.349. The molecule has 0 saturated heterocycles. The molecule has 0 radical (unpaired) electrons. The van der Waals surface area contributed by atoms with Gasteiger partial charge in [-0.1, -0.05) is 77.9 Å². The van der Waals surface area contributed by atoms with Crippen LogP contribution in [0, 0.1) is 11.8 Å². The summed E-state index contributed by atoms with van der Waals surface area (Å²) in [6, 6.07) is 17.5. The maximum absolute atomic E-state index is 4.69. The number of para-hydroxylation sites is 1. The average molecular weight is 390 g/mol. The zero-order chi connectivity index (χ0) is 21.0. The van der Waals surface area contributed by atoms with E-state index in [-0.39, 0.29) is 0 Å². The first-order valence-electron chi connectivity index (χ1n) is 11.0. The Morgan fingerprint density at radius 3 is 2.24 bits per heavy atom. The Morgan fingerprint density at radius 2 is 1.55 bits per heavy atom.